The van der Waals surface area contributed by atoms with E-state index < -0.39 is 28.5 Å². The molecular formula is C31H38ClN3O6S. The third-order valence-electron chi connectivity index (χ3n) is 6.98. The molecule has 0 saturated heterocycles. The molecule has 0 heterocycles. The van der Waals surface area contributed by atoms with Crippen molar-refractivity contribution in [3.05, 3.63) is 82.9 Å². The van der Waals surface area contributed by atoms with Gasteiger partial charge in [-0.25, -0.2) is 8.42 Å². The lowest BCUT2D eigenvalue weighted by atomic mass is 10.1. The number of rotatable bonds is 13. The Morgan fingerprint density at radius 1 is 0.952 bits per heavy atom. The highest BCUT2D eigenvalue weighted by Crippen LogP contribution is 2.36. The van der Waals surface area contributed by atoms with Gasteiger partial charge >= 0.3 is 0 Å². The first-order valence-electron chi connectivity index (χ1n) is 13.6. The molecule has 0 bridgehead atoms. The zero-order valence-corrected chi connectivity index (χ0v) is 26.3. The fourth-order valence-corrected chi connectivity index (χ4v) is 5.72. The van der Waals surface area contributed by atoms with E-state index in [0.717, 1.165) is 15.4 Å². The van der Waals surface area contributed by atoms with E-state index in [9.17, 15) is 18.0 Å². The molecule has 2 atom stereocenters. The van der Waals surface area contributed by atoms with Crippen LogP contribution in [-0.2, 0) is 26.2 Å². The van der Waals surface area contributed by atoms with Crippen LogP contribution in [0.15, 0.2) is 71.6 Å². The second-order valence-corrected chi connectivity index (χ2v) is 12.3. The second kappa shape index (κ2) is 14.4. The summed E-state index contributed by atoms with van der Waals surface area (Å²) in [4.78, 5) is 28.7. The number of hydrogen-bond acceptors (Lipinski definition) is 6. The van der Waals surface area contributed by atoms with Crippen molar-refractivity contribution >= 4 is 39.1 Å². The number of halogens is 1. The minimum absolute atomic E-state index is 0.00223. The molecule has 0 fully saturated rings. The SMILES string of the molecule is CCC(C)NC(=O)C(C)N(Cc1ccc(Cl)cc1)C(=O)CN(c1cc(OC)ccc1OC)S(=O)(=O)c1ccc(C)cc1. The van der Waals surface area contributed by atoms with Crippen molar-refractivity contribution in [2.75, 3.05) is 25.1 Å². The van der Waals surface area contributed by atoms with Crippen LogP contribution in [0.3, 0.4) is 0 Å². The monoisotopic (exact) mass is 615 g/mol. The molecule has 0 radical (unpaired) electrons. The number of nitrogens with one attached hydrogen (secondary N) is 1. The molecule has 0 aromatic heterocycles. The highest BCUT2D eigenvalue weighted by molar-refractivity contribution is 7.92. The second-order valence-electron chi connectivity index (χ2n) is 10.0. The predicted octanol–water partition coefficient (Wildman–Crippen LogP) is 5.19. The molecule has 226 valence electrons. The molecule has 2 unspecified atom stereocenters. The molecule has 0 aliphatic heterocycles. The lowest BCUT2D eigenvalue weighted by Gasteiger charge is -2.33. The number of anilines is 1. The predicted molar refractivity (Wildman–Crippen MR) is 165 cm³/mol. The fraction of sp³-hybridized carbons (Fsp3) is 0.355. The average Bonchev–Trinajstić information content (AvgIpc) is 2.98. The molecule has 9 nitrogen and oxygen atoms in total. The van der Waals surface area contributed by atoms with Gasteiger partial charge < -0.3 is 19.7 Å². The maximum atomic E-state index is 14.1. The van der Waals surface area contributed by atoms with Crippen molar-refractivity contribution < 1.29 is 27.5 Å². The van der Waals surface area contributed by atoms with Gasteiger partial charge in [0.25, 0.3) is 10.0 Å². The van der Waals surface area contributed by atoms with E-state index in [-0.39, 0.29) is 34.8 Å². The quantitative estimate of drug-likeness (QED) is 0.284. The number of nitrogens with zero attached hydrogens (tertiary/aromatic N) is 2. The zero-order valence-electron chi connectivity index (χ0n) is 24.8. The van der Waals surface area contributed by atoms with Crippen LogP contribution < -0.4 is 19.1 Å². The van der Waals surface area contributed by atoms with Gasteiger partial charge in [0.2, 0.25) is 11.8 Å². The molecule has 0 saturated carbocycles. The Hall–Kier alpha value is -3.76. The molecule has 2 amide bonds. The van der Waals surface area contributed by atoms with Crippen molar-refractivity contribution in [3.63, 3.8) is 0 Å². The summed E-state index contributed by atoms with van der Waals surface area (Å²) in [6.07, 6.45) is 0.710. The van der Waals surface area contributed by atoms with Gasteiger partial charge in [-0.05, 0) is 69.2 Å². The summed E-state index contributed by atoms with van der Waals surface area (Å²) >= 11 is 6.06. The Balaban J connectivity index is 2.11. The van der Waals surface area contributed by atoms with Crippen LogP contribution in [0.2, 0.25) is 5.02 Å². The van der Waals surface area contributed by atoms with Crippen LogP contribution in [-0.4, -0.2) is 58.0 Å². The number of sulfonamides is 1. The van der Waals surface area contributed by atoms with Gasteiger partial charge in [0, 0.05) is 23.7 Å². The maximum absolute atomic E-state index is 14.1. The number of carbonyl (C=O) groups excluding carboxylic acids is 2. The first kappa shape index (κ1) is 32.8. The van der Waals surface area contributed by atoms with Crippen LogP contribution in [0.5, 0.6) is 11.5 Å². The van der Waals surface area contributed by atoms with E-state index >= 15 is 0 Å². The van der Waals surface area contributed by atoms with E-state index in [1.807, 2.05) is 20.8 Å². The van der Waals surface area contributed by atoms with Crippen molar-refractivity contribution in [2.45, 2.75) is 57.6 Å². The Bertz CT molecular complexity index is 1480. The van der Waals surface area contributed by atoms with Gasteiger partial charge in [0.05, 0.1) is 24.8 Å². The molecule has 0 aliphatic carbocycles. The summed E-state index contributed by atoms with van der Waals surface area (Å²) in [5, 5.41) is 3.44. The Kier molecular flexibility index (Phi) is 11.2. The molecular weight excluding hydrogens is 578 g/mol. The average molecular weight is 616 g/mol. The van der Waals surface area contributed by atoms with Crippen molar-refractivity contribution in [1.29, 1.82) is 0 Å². The highest BCUT2D eigenvalue weighted by atomic mass is 35.5. The van der Waals surface area contributed by atoms with Crippen LogP contribution in [0.1, 0.15) is 38.3 Å². The number of methoxy groups -OCH3 is 2. The standard InChI is InChI=1S/C31H38ClN3O6S/c1-7-22(3)33-31(37)23(4)34(19-24-10-12-25(32)13-11-24)30(36)20-35(28-18-26(40-5)14-17-29(28)41-6)42(38,39)27-15-8-21(2)9-16-27/h8-18,22-23H,7,19-20H2,1-6H3,(H,33,37). The van der Waals surface area contributed by atoms with Crippen molar-refractivity contribution in [3.8, 4) is 11.5 Å². The largest absolute Gasteiger partial charge is 0.497 e. The summed E-state index contributed by atoms with van der Waals surface area (Å²) < 4.78 is 40.1. The van der Waals surface area contributed by atoms with E-state index in [0.29, 0.717) is 17.2 Å². The van der Waals surface area contributed by atoms with Gasteiger partial charge in [-0.2, -0.15) is 0 Å². The molecule has 3 aromatic carbocycles. The third kappa shape index (κ3) is 7.95. The van der Waals surface area contributed by atoms with Crippen LogP contribution >= 0.6 is 11.6 Å². The smallest absolute Gasteiger partial charge is 0.264 e. The first-order valence-corrected chi connectivity index (χ1v) is 15.4. The Labute approximate surface area is 253 Å². The molecule has 11 heteroatoms. The number of aryl methyl sites for hydroxylation is 1. The van der Waals surface area contributed by atoms with Gasteiger partial charge in [-0.3, -0.25) is 13.9 Å². The Morgan fingerprint density at radius 2 is 1.60 bits per heavy atom. The molecule has 0 spiro atoms. The lowest BCUT2D eigenvalue weighted by molar-refractivity contribution is -0.139. The number of hydrogen-bond donors (Lipinski definition) is 1. The minimum Gasteiger partial charge on any atom is -0.497 e. The Morgan fingerprint density at radius 3 is 2.17 bits per heavy atom. The summed E-state index contributed by atoms with van der Waals surface area (Å²) in [6, 6.07) is 16.9. The number of amides is 2. The van der Waals surface area contributed by atoms with E-state index in [1.54, 1.807) is 55.5 Å². The molecule has 42 heavy (non-hydrogen) atoms. The molecule has 3 aromatic rings. The zero-order chi connectivity index (χ0) is 31.0. The highest BCUT2D eigenvalue weighted by Gasteiger charge is 2.34. The van der Waals surface area contributed by atoms with Crippen LogP contribution in [0.4, 0.5) is 5.69 Å². The first-order chi connectivity index (χ1) is 19.9. The van der Waals surface area contributed by atoms with Crippen LogP contribution in [0, 0.1) is 6.92 Å². The van der Waals surface area contributed by atoms with Crippen molar-refractivity contribution in [2.24, 2.45) is 0 Å². The van der Waals surface area contributed by atoms with E-state index in [1.165, 1.54) is 37.3 Å². The summed E-state index contributed by atoms with van der Waals surface area (Å²) in [5.74, 6) is -0.330. The topological polar surface area (TPSA) is 105 Å². The summed E-state index contributed by atoms with van der Waals surface area (Å²) in [6.45, 7) is 6.75. The molecule has 0 aliphatic rings. The molecule has 1 N–H and O–H groups in total. The summed E-state index contributed by atoms with van der Waals surface area (Å²) in [7, 11) is -1.40. The van der Waals surface area contributed by atoms with E-state index in [4.69, 9.17) is 21.1 Å². The fourth-order valence-electron chi connectivity index (χ4n) is 4.18. The third-order valence-corrected chi connectivity index (χ3v) is 9.00. The van der Waals surface area contributed by atoms with E-state index in [2.05, 4.69) is 5.32 Å². The number of benzene rings is 3. The van der Waals surface area contributed by atoms with Gasteiger partial charge in [-0.1, -0.05) is 48.4 Å². The van der Waals surface area contributed by atoms with Gasteiger partial charge in [0.15, 0.2) is 0 Å². The van der Waals surface area contributed by atoms with Crippen LogP contribution in [0.25, 0.3) is 0 Å². The van der Waals surface area contributed by atoms with Gasteiger partial charge in [-0.15, -0.1) is 0 Å². The van der Waals surface area contributed by atoms with Gasteiger partial charge in [0.1, 0.15) is 24.1 Å². The number of ether oxygens (including phenoxy) is 2. The molecule has 3 rings (SSSR count). The number of carbonyl (C=O) groups is 2. The summed E-state index contributed by atoms with van der Waals surface area (Å²) in [5.41, 5.74) is 1.72. The van der Waals surface area contributed by atoms with Crippen molar-refractivity contribution in [1.82, 2.24) is 10.2 Å². The minimum atomic E-state index is -4.27. The maximum Gasteiger partial charge on any atom is 0.264 e. The lowest BCUT2D eigenvalue weighted by Crippen LogP contribution is -2.52. The normalized spacial score (nSPS) is 12.6.